The molecule has 0 aromatic carbocycles. The van der Waals surface area contributed by atoms with Crippen molar-refractivity contribution >= 4 is 6.03 Å². The van der Waals surface area contributed by atoms with Crippen molar-refractivity contribution < 1.29 is 4.79 Å². The molecule has 0 aromatic heterocycles. The molecular weight excluding hydrogens is 342 g/mol. The zero-order valence-corrected chi connectivity index (χ0v) is 16.9. The van der Waals surface area contributed by atoms with Gasteiger partial charge in [0, 0.05) is 12.1 Å². The van der Waals surface area contributed by atoms with E-state index in [1.807, 2.05) is 7.05 Å². The SMILES string of the molecule is CNCCCNC1CC(C)NC(NC(=O)NC2CCC3CNCCC3C2)N1. The number of carbonyl (C=O) groups is 1. The third-order valence-corrected chi connectivity index (χ3v) is 6.25. The van der Waals surface area contributed by atoms with Gasteiger partial charge in [0.1, 0.15) is 6.29 Å². The number of carbonyl (C=O) groups excluding carboxylic acids is 1. The Balaban J connectivity index is 1.39. The van der Waals surface area contributed by atoms with Gasteiger partial charge in [0.05, 0.1) is 6.17 Å². The summed E-state index contributed by atoms with van der Waals surface area (Å²) in [5.41, 5.74) is 0. The van der Waals surface area contributed by atoms with E-state index in [0.29, 0.717) is 12.1 Å². The van der Waals surface area contributed by atoms with Crippen LogP contribution in [0, 0.1) is 11.8 Å². The number of rotatable bonds is 7. The number of amides is 2. The van der Waals surface area contributed by atoms with Crippen LogP contribution in [0.2, 0.25) is 0 Å². The van der Waals surface area contributed by atoms with Crippen LogP contribution in [0.1, 0.15) is 45.4 Å². The summed E-state index contributed by atoms with van der Waals surface area (Å²) in [6.07, 6.45) is 6.78. The molecule has 2 amide bonds. The first kappa shape index (κ1) is 20.8. The maximum Gasteiger partial charge on any atom is 0.317 e. The van der Waals surface area contributed by atoms with Crippen molar-refractivity contribution in [1.29, 1.82) is 0 Å². The van der Waals surface area contributed by atoms with E-state index >= 15 is 0 Å². The predicted octanol–water partition coefficient (Wildman–Crippen LogP) is -0.156. The number of fused-ring (bicyclic) bond motifs is 1. The summed E-state index contributed by atoms with van der Waals surface area (Å²) in [6, 6.07) is 0.588. The van der Waals surface area contributed by atoms with Crippen LogP contribution in [0.15, 0.2) is 0 Å². The zero-order chi connectivity index (χ0) is 19.1. The molecule has 8 heteroatoms. The lowest BCUT2D eigenvalue weighted by Gasteiger charge is -2.40. The summed E-state index contributed by atoms with van der Waals surface area (Å²) < 4.78 is 0. The van der Waals surface area contributed by atoms with Crippen LogP contribution in [0.25, 0.3) is 0 Å². The Morgan fingerprint density at radius 1 is 1.04 bits per heavy atom. The first-order chi connectivity index (χ1) is 13.1. The van der Waals surface area contributed by atoms with Crippen molar-refractivity contribution in [2.45, 2.75) is 70.0 Å². The van der Waals surface area contributed by atoms with Gasteiger partial charge in [0.25, 0.3) is 0 Å². The Labute approximate surface area is 163 Å². The maximum absolute atomic E-state index is 12.5. The van der Waals surface area contributed by atoms with Crippen LogP contribution >= 0.6 is 0 Å². The Kier molecular flexibility index (Phi) is 8.14. The van der Waals surface area contributed by atoms with E-state index in [4.69, 9.17) is 0 Å². The average molecular weight is 382 g/mol. The van der Waals surface area contributed by atoms with Gasteiger partial charge < -0.3 is 26.6 Å². The first-order valence-electron chi connectivity index (χ1n) is 10.8. The van der Waals surface area contributed by atoms with E-state index in [0.717, 1.165) is 63.7 Å². The molecule has 27 heavy (non-hydrogen) atoms. The molecule has 3 rings (SSSR count). The van der Waals surface area contributed by atoms with Crippen molar-refractivity contribution in [3.05, 3.63) is 0 Å². The smallest absolute Gasteiger partial charge is 0.317 e. The highest BCUT2D eigenvalue weighted by Crippen LogP contribution is 2.33. The normalized spacial score (nSPS) is 36.7. The summed E-state index contributed by atoms with van der Waals surface area (Å²) >= 11 is 0. The number of hydrogen-bond acceptors (Lipinski definition) is 6. The van der Waals surface area contributed by atoms with Gasteiger partial charge in [0.2, 0.25) is 0 Å². The van der Waals surface area contributed by atoms with E-state index in [-0.39, 0.29) is 18.5 Å². The second-order valence-electron chi connectivity index (χ2n) is 8.51. The fourth-order valence-corrected chi connectivity index (χ4v) is 4.80. The highest BCUT2D eigenvalue weighted by atomic mass is 16.2. The van der Waals surface area contributed by atoms with Gasteiger partial charge in [-0.25, -0.2) is 4.79 Å². The largest absolute Gasteiger partial charge is 0.335 e. The molecule has 7 N–H and O–H groups in total. The van der Waals surface area contributed by atoms with Crippen molar-refractivity contribution in [3.8, 4) is 0 Å². The van der Waals surface area contributed by atoms with Crippen LogP contribution < -0.4 is 37.2 Å². The molecule has 3 aliphatic rings. The van der Waals surface area contributed by atoms with Crippen LogP contribution in [-0.4, -0.2) is 63.8 Å². The third-order valence-electron chi connectivity index (χ3n) is 6.25. The topological polar surface area (TPSA) is 101 Å². The van der Waals surface area contributed by atoms with E-state index in [2.05, 4.69) is 44.1 Å². The molecule has 0 aromatic rings. The fourth-order valence-electron chi connectivity index (χ4n) is 4.80. The molecular formula is C19H39N7O. The summed E-state index contributed by atoms with van der Waals surface area (Å²) in [5.74, 6) is 1.57. The van der Waals surface area contributed by atoms with E-state index in [1.54, 1.807) is 0 Å². The molecule has 0 radical (unpaired) electrons. The van der Waals surface area contributed by atoms with Crippen LogP contribution in [0.4, 0.5) is 4.79 Å². The van der Waals surface area contributed by atoms with Crippen LogP contribution in [0.3, 0.4) is 0 Å². The van der Waals surface area contributed by atoms with E-state index in [9.17, 15) is 4.79 Å². The molecule has 6 atom stereocenters. The zero-order valence-electron chi connectivity index (χ0n) is 16.9. The van der Waals surface area contributed by atoms with E-state index in [1.165, 1.54) is 12.8 Å². The molecule has 156 valence electrons. The molecule has 0 bridgehead atoms. The predicted molar refractivity (Wildman–Crippen MR) is 108 cm³/mol. The Hall–Kier alpha value is -0.930. The van der Waals surface area contributed by atoms with Gasteiger partial charge in [-0.1, -0.05) is 0 Å². The van der Waals surface area contributed by atoms with Gasteiger partial charge in [-0.2, -0.15) is 0 Å². The van der Waals surface area contributed by atoms with Gasteiger partial charge in [-0.3, -0.25) is 10.6 Å². The highest BCUT2D eigenvalue weighted by Gasteiger charge is 2.33. The van der Waals surface area contributed by atoms with Crippen LogP contribution in [0.5, 0.6) is 0 Å². The molecule has 6 unspecified atom stereocenters. The lowest BCUT2D eigenvalue weighted by Crippen LogP contribution is -2.68. The number of piperidine rings is 1. The molecule has 2 aliphatic heterocycles. The summed E-state index contributed by atoms with van der Waals surface area (Å²) in [6.45, 7) is 6.41. The Bertz CT molecular complexity index is 463. The Morgan fingerprint density at radius 3 is 2.78 bits per heavy atom. The van der Waals surface area contributed by atoms with Crippen molar-refractivity contribution in [1.82, 2.24) is 37.2 Å². The standard InChI is InChI=1S/C19H39N7O/c1-13-10-17(22-8-3-7-20-2)25-18(23-13)26-19(27)24-16-5-4-15-12-21-9-6-14(15)11-16/h13-18,20-23,25H,3-12H2,1-2H3,(H2,24,26,27). The Morgan fingerprint density at radius 2 is 1.93 bits per heavy atom. The second-order valence-corrected chi connectivity index (χ2v) is 8.51. The number of urea groups is 1. The van der Waals surface area contributed by atoms with E-state index < -0.39 is 0 Å². The average Bonchev–Trinajstić information content (AvgIpc) is 2.64. The quantitative estimate of drug-likeness (QED) is 0.310. The molecule has 1 aliphatic carbocycles. The minimum Gasteiger partial charge on any atom is -0.335 e. The van der Waals surface area contributed by atoms with Crippen molar-refractivity contribution in [2.75, 3.05) is 33.2 Å². The minimum atomic E-state index is -0.203. The second kappa shape index (κ2) is 10.6. The summed E-state index contributed by atoms with van der Waals surface area (Å²) in [5, 5.41) is 23.3. The fraction of sp³-hybridized carbons (Fsp3) is 0.947. The lowest BCUT2D eigenvalue weighted by atomic mass is 9.73. The first-order valence-corrected chi connectivity index (χ1v) is 10.8. The monoisotopic (exact) mass is 381 g/mol. The molecule has 8 nitrogen and oxygen atoms in total. The van der Waals surface area contributed by atoms with Gasteiger partial charge in [-0.15, -0.1) is 0 Å². The maximum atomic E-state index is 12.5. The molecule has 3 fully saturated rings. The minimum absolute atomic E-state index is 0.0691. The number of nitrogens with one attached hydrogen (secondary N) is 7. The van der Waals surface area contributed by atoms with Crippen LogP contribution in [-0.2, 0) is 0 Å². The lowest BCUT2D eigenvalue weighted by molar-refractivity contribution is 0.151. The molecule has 2 saturated heterocycles. The van der Waals surface area contributed by atoms with Crippen molar-refractivity contribution in [3.63, 3.8) is 0 Å². The van der Waals surface area contributed by atoms with Gasteiger partial charge in [0.15, 0.2) is 0 Å². The molecule has 1 saturated carbocycles. The third kappa shape index (κ3) is 6.57. The summed E-state index contributed by atoms with van der Waals surface area (Å²) in [4.78, 5) is 12.5. The molecule has 0 spiro atoms. The highest BCUT2D eigenvalue weighted by molar-refractivity contribution is 5.74. The van der Waals surface area contributed by atoms with Crippen molar-refractivity contribution in [2.24, 2.45) is 11.8 Å². The van der Waals surface area contributed by atoms with Gasteiger partial charge in [-0.05, 0) is 90.5 Å². The van der Waals surface area contributed by atoms with Gasteiger partial charge >= 0.3 is 6.03 Å². The summed E-state index contributed by atoms with van der Waals surface area (Å²) in [7, 11) is 1.97. The molecule has 2 heterocycles. The number of hydrogen-bond donors (Lipinski definition) is 7.